The standard InChI is InChI=1S/C9H11F3N2O4S/c1-18-7(15)6-3-2-5(13-19-17)4-14(6)8(16)9(10,11)12/h5-6H,2-4H2,1H3/t5-,6-/m0/s1. The maximum absolute atomic E-state index is 12.4. The Morgan fingerprint density at radius 3 is 2.47 bits per heavy atom. The lowest BCUT2D eigenvalue weighted by Crippen LogP contribution is -2.55. The lowest BCUT2D eigenvalue weighted by Gasteiger charge is -2.36. The van der Waals surface area contributed by atoms with Crippen LogP contribution in [0.25, 0.3) is 0 Å². The number of amides is 1. The summed E-state index contributed by atoms with van der Waals surface area (Å²) in [6.45, 7) is -0.423. The van der Waals surface area contributed by atoms with E-state index in [2.05, 4.69) is 9.10 Å². The van der Waals surface area contributed by atoms with E-state index in [9.17, 15) is 27.0 Å². The lowest BCUT2D eigenvalue weighted by molar-refractivity contribution is -0.191. The van der Waals surface area contributed by atoms with Crippen LogP contribution in [0.1, 0.15) is 12.8 Å². The molecule has 0 aromatic heterocycles. The fourth-order valence-electron chi connectivity index (χ4n) is 1.87. The van der Waals surface area contributed by atoms with Gasteiger partial charge in [-0.3, -0.25) is 4.79 Å². The minimum Gasteiger partial charge on any atom is -0.467 e. The number of esters is 1. The smallest absolute Gasteiger partial charge is 0.467 e. The predicted molar refractivity (Wildman–Crippen MR) is 57.2 cm³/mol. The molecule has 0 aromatic rings. The van der Waals surface area contributed by atoms with Gasteiger partial charge in [-0.05, 0) is 12.8 Å². The zero-order valence-electron chi connectivity index (χ0n) is 9.85. The van der Waals surface area contributed by atoms with Crippen LogP contribution < -0.4 is 0 Å². The fourth-order valence-corrected chi connectivity index (χ4v) is 2.16. The number of likely N-dealkylation sites (tertiary alicyclic amines) is 1. The summed E-state index contributed by atoms with van der Waals surface area (Å²) in [6.07, 6.45) is -4.86. The Bertz CT molecular complexity index is 422. The highest BCUT2D eigenvalue weighted by Gasteiger charge is 2.48. The molecule has 108 valence electrons. The van der Waals surface area contributed by atoms with Crippen LogP contribution in [0.5, 0.6) is 0 Å². The highest BCUT2D eigenvalue weighted by atomic mass is 32.1. The highest BCUT2D eigenvalue weighted by Crippen LogP contribution is 2.26. The minimum atomic E-state index is -5.08. The molecule has 10 heteroatoms. The van der Waals surface area contributed by atoms with Gasteiger partial charge in [-0.1, -0.05) is 0 Å². The number of rotatable bonds is 2. The van der Waals surface area contributed by atoms with Gasteiger partial charge in [0.15, 0.2) is 11.5 Å². The average molecular weight is 300 g/mol. The van der Waals surface area contributed by atoms with Gasteiger partial charge in [0.2, 0.25) is 0 Å². The summed E-state index contributed by atoms with van der Waals surface area (Å²) < 4.78 is 55.5. The molecule has 0 spiro atoms. The van der Waals surface area contributed by atoms with Crippen LogP contribution in [-0.2, 0) is 25.8 Å². The number of piperidine rings is 1. The number of alkyl halides is 3. The molecule has 1 aliphatic heterocycles. The molecule has 6 nitrogen and oxygen atoms in total. The van der Waals surface area contributed by atoms with Crippen LogP contribution in [0.15, 0.2) is 4.36 Å². The molecule has 0 bridgehead atoms. The highest BCUT2D eigenvalue weighted by molar-refractivity contribution is 7.54. The quantitative estimate of drug-likeness (QED) is 0.695. The first-order valence-electron chi connectivity index (χ1n) is 5.26. The van der Waals surface area contributed by atoms with Gasteiger partial charge in [-0.25, -0.2) is 4.79 Å². The largest absolute Gasteiger partial charge is 0.471 e. The van der Waals surface area contributed by atoms with E-state index in [4.69, 9.17) is 0 Å². The van der Waals surface area contributed by atoms with Crippen molar-refractivity contribution >= 4 is 23.3 Å². The van der Waals surface area contributed by atoms with Gasteiger partial charge in [-0.15, -0.1) is 0 Å². The first kappa shape index (κ1) is 15.6. The monoisotopic (exact) mass is 300 g/mol. The van der Waals surface area contributed by atoms with E-state index in [1.807, 2.05) is 0 Å². The molecule has 1 rings (SSSR count). The topological polar surface area (TPSA) is 76.0 Å². The third-order valence-electron chi connectivity index (χ3n) is 2.73. The Kier molecular flexibility index (Phi) is 5.04. The Morgan fingerprint density at radius 2 is 2.00 bits per heavy atom. The zero-order valence-corrected chi connectivity index (χ0v) is 10.7. The fraction of sp³-hybridized carbons (Fsp3) is 0.778. The molecular weight excluding hydrogens is 289 g/mol. The molecule has 19 heavy (non-hydrogen) atoms. The Balaban J connectivity index is 2.97. The summed E-state index contributed by atoms with van der Waals surface area (Å²) in [5, 5.41) is 0. The summed E-state index contributed by atoms with van der Waals surface area (Å²) in [7, 11) is 1.03. The lowest BCUT2D eigenvalue weighted by atomic mass is 9.98. The van der Waals surface area contributed by atoms with Crippen LogP contribution in [0.2, 0.25) is 0 Å². The van der Waals surface area contributed by atoms with Crippen molar-refractivity contribution in [2.75, 3.05) is 13.7 Å². The summed E-state index contributed by atoms with van der Waals surface area (Å²) in [5.41, 5.74) is 0. The van der Waals surface area contributed by atoms with Crippen LogP contribution >= 0.6 is 0 Å². The van der Waals surface area contributed by atoms with E-state index in [1.54, 1.807) is 0 Å². The number of hydrogen-bond donors (Lipinski definition) is 0. The van der Waals surface area contributed by atoms with Crippen LogP contribution in [0.4, 0.5) is 13.2 Å². The average Bonchev–Trinajstić information content (AvgIpc) is 2.36. The third kappa shape index (κ3) is 3.75. The Morgan fingerprint density at radius 1 is 1.37 bits per heavy atom. The maximum atomic E-state index is 12.4. The van der Waals surface area contributed by atoms with Gasteiger partial charge in [0.1, 0.15) is 6.04 Å². The number of carbonyl (C=O) groups is 2. The van der Waals surface area contributed by atoms with Crippen LogP contribution in [0.3, 0.4) is 0 Å². The van der Waals surface area contributed by atoms with Crippen molar-refractivity contribution in [3.63, 3.8) is 0 Å². The van der Waals surface area contributed by atoms with Crippen molar-refractivity contribution in [2.24, 2.45) is 4.36 Å². The number of methoxy groups -OCH3 is 1. The molecule has 1 fully saturated rings. The third-order valence-corrected chi connectivity index (χ3v) is 3.11. The molecule has 0 aliphatic carbocycles. The number of hydrogen-bond acceptors (Lipinski definition) is 5. The first-order chi connectivity index (χ1) is 8.81. The molecule has 1 amide bonds. The summed E-state index contributed by atoms with van der Waals surface area (Å²) in [5.74, 6) is -3.04. The van der Waals surface area contributed by atoms with Crippen LogP contribution in [0, 0.1) is 0 Å². The van der Waals surface area contributed by atoms with E-state index in [-0.39, 0.29) is 24.3 Å². The SMILES string of the molecule is COC(=O)[C@@H]1CC[C@H](N=S=O)CN1C(=O)C(F)(F)F. The van der Waals surface area contributed by atoms with Gasteiger partial charge in [0.05, 0.1) is 13.2 Å². The Labute approximate surface area is 110 Å². The second-order valence-corrected chi connectivity index (χ2v) is 4.27. The molecule has 1 saturated heterocycles. The predicted octanol–water partition coefficient (Wildman–Crippen LogP) is 0.478. The maximum Gasteiger partial charge on any atom is 0.471 e. The van der Waals surface area contributed by atoms with Crippen molar-refractivity contribution in [3.05, 3.63) is 0 Å². The second kappa shape index (κ2) is 6.13. The van der Waals surface area contributed by atoms with Gasteiger partial charge < -0.3 is 9.64 Å². The van der Waals surface area contributed by atoms with E-state index in [0.717, 1.165) is 7.11 Å². The Hall–Kier alpha value is -1.45. The molecule has 1 aliphatic rings. The zero-order chi connectivity index (χ0) is 14.6. The van der Waals surface area contributed by atoms with Gasteiger partial charge in [0, 0.05) is 6.54 Å². The van der Waals surface area contributed by atoms with E-state index in [1.165, 1.54) is 0 Å². The molecule has 0 unspecified atom stereocenters. The van der Waals surface area contributed by atoms with Crippen molar-refractivity contribution in [1.29, 1.82) is 0 Å². The molecule has 0 radical (unpaired) electrons. The molecule has 0 N–H and O–H groups in total. The van der Waals surface area contributed by atoms with Gasteiger partial charge >= 0.3 is 18.1 Å². The summed E-state index contributed by atoms with van der Waals surface area (Å²) >= 11 is -0.116. The van der Waals surface area contributed by atoms with Gasteiger partial charge in [-0.2, -0.15) is 21.7 Å². The summed E-state index contributed by atoms with van der Waals surface area (Å²) in [4.78, 5) is 23.0. The number of halogens is 3. The first-order valence-corrected chi connectivity index (χ1v) is 5.95. The molecule has 0 saturated carbocycles. The molecule has 0 aromatic carbocycles. The van der Waals surface area contributed by atoms with Crippen molar-refractivity contribution in [2.45, 2.75) is 31.1 Å². The van der Waals surface area contributed by atoms with Crippen molar-refractivity contribution in [1.82, 2.24) is 4.90 Å². The van der Waals surface area contributed by atoms with E-state index >= 15 is 0 Å². The summed E-state index contributed by atoms with van der Waals surface area (Å²) in [6, 6.07) is -2.00. The van der Waals surface area contributed by atoms with Gasteiger partial charge in [0.25, 0.3) is 0 Å². The van der Waals surface area contributed by atoms with Crippen molar-refractivity contribution < 1.29 is 31.7 Å². The van der Waals surface area contributed by atoms with E-state index in [0.29, 0.717) is 4.90 Å². The minimum absolute atomic E-state index is 0.0246. The van der Waals surface area contributed by atoms with Crippen LogP contribution in [-0.4, -0.2) is 52.9 Å². The molecular formula is C9H11F3N2O4S. The number of ether oxygens (including phenoxy) is 1. The number of nitrogens with zero attached hydrogens (tertiary/aromatic N) is 2. The van der Waals surface area contributed by atoms with Crippen molar-refractivity contribution in [3.8, 4) is 0 Å². The molecule has 2 atom stereocenters. The van der Waals surface area contributed by atoms with E-state index < -0.39 is 36.7 Å². The second-order valence-electron chi connectivity index (χ2n) is 3.91. The normalized spacial score (nSPS) is 23.7. The number of carbonyl (C=O) groups excluding carboxylic acids is 2. The molecule has 1 heterocycles.